The van der Waals surface area contributed by atoms with E-state index in [0.29, 0.717) is 24.6 Å². The topological polar surface area (TPSA) is 87.2 Å². The predicted molar refractivity (Wildman–Crippen MR) is 76.8 cm³/mol. The largest absolute Gasteiger partial charge is 0.357 e. The highest BCUT2D eigenvalue weighted by Gasteiger charge is 2.46. The van der Waals surface area contributed by atoms with Crippen molar-refractivity contribution in [3.8, 4) is 0 Å². The molecule has 0 saturated carbocycles. The van der Waals surface area contributed by atoms with Crippen LogP contribution in [0.15, 0.2) is 12.4 Å². The van der Waals surface area contributed by atoms with E-state index in [1.807, 2.05) is 0 Å². The number of piperidine rings is 1. The summed E-state index contributed by atoms with van der Waals surface area (Å²) in [5.41, 5.74) is 0.0712. The van der Waals surface area contributed by atoms with E-state index in [-0.39, 0.29) is 17.2 Å². The number of nitrogens with zero attached hydrogens (tertiary/aromatic N) is 3. The molecule has 3 rings (SSSR count). The molecule has 112 valence electrons. The molecule has 1 atom stereocenters. The fourth-order valence-electron chi connectivity index (χ4n) is 3.12. The van der Waals surface area contributed by atoms with Gasteiger partial charge in [-0.1, -0.05) is 0 Å². The summed E-state index contributed by atoms with van der Waals surface area (Å²) in [6.07, 6.45) is 5.62. The van der Waals surface area contributed by atoms with Gasteiger partial charge in [-0.25, -0.2) is 9.97 Å². The van der Waals surface area contributed by atoms with Crippen molar-refractivity contribution in [2.45, 2.75) is 19.3 Å². The minimum absolute atomic E-state index is 0.0887. The van der Waals surface area contributed by atoms with Gasteiger partial charge < -0.3 is 15.5 Å². The molecule has 1 aromatic heterocycles. The Labute approximate surface area is 123 Å². The van der Waals surface area contributed by atoms with E-state index in [1.54, 1.807) is 11.9 Å². The van der Waals surface area contributed by atoms with E-state index >= 15 is 0 Å². The van der Waals surface area contributed by atoms with E-state index in [2.05, 4.69) is 20.6 Å². The van der Waals surface area contributed by atoms with Crippen LogP contribution in [0.4, 0.5) is 5.95 Å². The van der Waals surface area contributed by atoms with Crippen LogP contribution in [-0.2, 0) is 4.79 Å². The number of likely N-dealkylation sites (tertiary alicyclic amines) is 1. The lowest BCUT2D eigenvalue weighted by Gasteiger charge is -2.32. The number of anilines is 1. The third kappa shape index (κ3) is 2.43. The van der Waals surface area contributed by atoms with Gasteiger partial charge in [0, 0.05) is 39.1 Å². The molecule has 2 fully saturated rings. The van der Waals surface area contributed by atoms with Crippen molar-refractivity contribution in [3.63, 3.8) is 0 Å². The molecule has 2 aliphatic heterocycles. The molecule has 0 aromatic carbocycles. The maximum atomic E-state index is 12.5. The quantitative estimate of drug-likeness (QED) is 0.815. The molecule has 2 aliphatic rings. The number of nitrogens with one attached hydrogen (secondary N) is 2. The van der Waals surface area contributed by atoms with Crippen LogP contribution < -0.4 is 10.6 Å². The summed E-state index contributed by atoms with van der Waals surface area (Å²) >= 11 is 0. The highest BCUT2D eigenvalue weighted by Crippen LogP contribution is 2.37. The first-order valence-electron chi connectivity index (χ1n) is 7.22. The second kappa shape index (κ2) is 5.31. The molecule has 0 aliphatic carbocycles. The molecule has 7 nitrogen and oxygen atoms in total. The maximum absolute atomic E-state index is 12.5. The Morgan fingerprint density at radius 1 is 1.38 bits per heavy atom. The molecule has 2 amide bonds. The van der Waals surface area contributed by atoms with Gasteiger partial charge in [-0.3, -0.25) is 9.59 Å². The Morgan fingerprint density at radius 2 is 2.14 bits per heavy atom. The molecule has 7 heteroatoms. The Bertz CT molecular complexity index is 559. The summed E-state index contributed by atoms with van der Waals surface area (Å²) in [7, 11) is 1.72. The molecule has 3 heterocycles. The standard InChI is InChI=1S/C14H19N5O2/c1-15-13-17-7-10(8-18-13)11(20)19-6-4-14(9-19)3-2-5-16-12(14)21/h7-8H,2-6,9H2,1H3,(H,16,21)(H,15,17,18)/t14-/m1/s1. The zero-order valence-corrected chi connectivity index (χ0v) is 12.1. The van der Waals surface area contributed by atoms with Crippen molar-refractivity contribution < 1.29 is 9.59 Å². The Kier molecular flexibility index (Phi) is 3.48. The molecule has 2 saturated heterocycles. The van der Waals surface area contributed by atoms with Crippen LogP contribution in [0.25, 0.3) is 0 Å². The second-order valence-corrected chi connectivity index (χ2v) is 5.66. The van der Waals surface area contributed by atoms with Crippen molar-refractivity contribution in [2.75, 3.05) is 32.0 Å². The van der Waals surface area contributed by atoms with Crippen molar-refractivity contribution >= 4 is 17.8 Å². The van der Waals surface area contributed by atoms with E-state index in [9.17, 15) is 9.59 Å². The SMILES string of the molecule is CNc1ncc(C(=O)N2CC[C@]3(CCCNC3=O)C2)cn1. The summed E-state index contributed by atoms with van der Waals surface area (Å²) in [6, 6.07) is 0. The molecule has 1 aromatic rings. The first-order chi connectivity index (χ1) is 10.1. The van der Waals surface area contributed by atoms with Crippen molar-refractivity contribution in [3.05, 3.63) is 18.0 Å². The predicted octanol–water partition coefficient (Wildman–Crippen LogP) is 0.261. The lowest BCUT2D eigenvalue weighted by molar-refractivity contribution is -0.132. The van der Waals surface area contributed by atoms with Crippen LogP contribution in [0.5, 0.6) is 0 Å². The number of carbonyl (C=O) groups is 2. The third-order valence-electron chi connectivity index (χ3n) is 4.36. The average Bonchev–Trinajstić information content (AvgIpc) is 2.95. The molecular weight excluding hydrogens is 270 g/mol. The van der Waals surface area contributed by atoms with E-state index in [1.165, 1.54) is 12.4 Å². The van der Waals surface area contributed by atoms with E-state index < -0.39 is 0 Å². The highest BCUT2D eigenvalue weighted by molar-refractivity contribution is 5.95. The van der Waals surface area contributed by atoms with Crippen LogP contribution in [-0.4, -0.2) is 53.4 Å². The van der Waals surface area contributed by atoms with Crippen molar-refractivity contribution in [2.24, 2.45) is 5.41 Å². The Morgan fingerprint density at radius 3 is 2.81 bits per heavy atom. The zero-order valence-electron chi connectivity index (χ0n) is 12.1. The van der Waals surface area contributed by atoms with Gasteiger partial charge in [-0.2, -0.15) is 0 Å². The van der Waals surface area contributed by atoms with Gasteiger partial charge in [0.25, 0.3) is 5.91 Å². The average molecular weight is 289 g/mol. The van der Waals surface area contributed by atoms with Gasteiger partial charge in [0.2, 0.25) is 11.9 Å². The minimum Gasteiger partial charge on any atom is -0.357 e. The lowest BCUT2D eigenvalue weighted by Crippen LogP contribution is -2.47. The first kappa shape index (κ1) is 13.8. The summed E-state index contributed by atoms with van der Waals surface area (Å²) in [5.74, 6) is 0.467. The highest BCUT2D eigenvalue weighted by atomic mass is 16.2. The monoisotopic (exact) mass is 289 g/mol. The smallest absolute Gasteiger partial charge is 0.257 e. The fourth-order valence-corrected chi connectivity index (χ4v) is 3.12. The zero-order chi connectivity index (χ0) is 14.9. The number of rotatable bonds is 2. The first-order valence-corrected chi connectivity index (χ1v) is 7.22. The number of amides is 2. The molecule has 0 unspecified atom stereocenters. The van der Waals surface area contributed by atoms with Crippen LogP contribution in [0.1, 0.15) is 29.6 Å². The van der Waals surface area contributed by atoms with Gasteiger partial charge in [0.15, 0.2) is 0 Å². The van der Waals surface area contributed by atoms with Crippen LogP contribution >= 0.6 is 0 Å². The number of carbonyl (C=O) groups excluding carboxylic acids is 2. The van der Waals surface area contributed by atoms with E-state index in [4.69, 9.17) is 0 Å². The third-order valence-corrected chi connectivity index (χ3v) is 4.36. The minimum atomic E-state index is -0.389. The summed E-state index contributed by atoms with van der Waals surface area (Å²) in [5, 5.41) is 5.73. The van der Waals surface area contributed by atoms with Gasteiger partial charge in [-0.05, 0) is 19.3 Å². The Hall–Kier alpha value is -2.18. The van der Waals surface area contributed by atoms with Crippen LogP contribution in [0.2, 0.25) is 0 Å². The summed E-state index contributed by atoms with van der Waals surface area (Å²) in [4.78, 5) is 34.5. The van der Waals surface area contributed by atoms with Crippen molar-refractivity contribution in [1.82, 2.24) is 20.2 Å². The Balaban J connectivity index is 1.73. The lowest BCUT2D eigenvalue weighted by atomic mass is 9.79. The normalized spacial score (nSPS) is 25.0. The molecule has 0 radical (unpaired) electrons. The fraction of sp³-hybridized carbons (Fsp3) is 0.571. The van der Waals surface area contributed by atoms with Crippen LogP contribution in [0, 0.1) is 5.41 Å². The summed E-state index contributed by atoms with van der Waals surface area (Å²) in [6.45, 7) is 1.85. The number of hydrogen-bond acceptors (Lipinski definition) is 5. The van der Waals surface area contributed by atoms with Crippen molar-refractivity contribution in [1.29, 1.82) is 0 Å². The van der Waals surface area contributed by atoms with E-state index in [0.717, 1.165) is 25.8 Å². The van der Waals surface area contributed by atoms with Gasteiger partial charge >= 0.3 is 0 Å². The molecule has 0 bridgehead atoms. The second-order valence-electron chi connectivity index (χ2n) is 5.66. The van der Waals surface area contributed by atoms with Gasteiger partial charge in [-0.15, -0.1) is 0 Å². The van der Waals surface area contributed by atoms with Crippen LogP contribution in [0.3, 0.4) is 0 Å². The maximum Gasteiger partial charge on any atom is 0.257 e. The molecular formula is C14H19N5O2. The molecule has 21 heavy (non-hydrogen) atoms. The van der Waals surface area contributed by atoms with Gasteiger partial charge in [0.1, 0.15) is 0 Å². The molecule has 2 N–H and O–H groups in total. The number of aromatic nitrogens is 2. The van der Waals surface area contributed by atoms with Gasteiger partial charge in [0.05, 0.1) is 11.0 Å². The number of hydrogen-bond donors (Lipinski definition) is 2. The molecule has 1 spiro atoms. The summed E-state index contributed by atoms with van der Waals surface area (Å²) < 4.78 is 0.